The number of amides is 2. The molecule has 2 amide bonds. The van der Waals surface area contributed by atoms with Crippen LogP contribution in [0.5, 0.6) is 0 Å². The predicted molar refractivity (Wildman–Crippen MR) is 139 cm³/mol. The third-order valence-corrected chi connectivity index (χ3v) is 6.02. The number of anilines is 1. The molecule has 2 unspecified atom stereocenters. The molecule has 34 heavy (non-hydrogen) atoms. The Labute approximate surface area is 201 Å². The molecule has 0 fully saturated rings. The van der Waals surface area contributed by atoms with Gasteiger partial charge < -0.3 is 15.7 Å². The van der Waals surface area contributed by atoms with Crippen molar-refractivity contribution in [3.63, 3.8) is 0 Å². The molecule has 0 saturated carbocycles. The van der Waals surface area contributed by atoms with Crippen LogP contribution in [0.15, 0.2) is 103 Å². The fourth-order valence-electron chi connectivity index (χ4n) is 4.03. The van der Waals surface area contributed by atoms with Crippen LogP contribution in [-0.4, -0.2) is 36.9 Å². The second-order valence-electron chi connectivity index (χ2n) is 8.52. The van der Waals surface area contributed by atoms with Gasteiger partial charge in [-0.3, -0.25) is 4.90 Å². The lowest BCUT2D eigenvalue weighted by Crippen LogP contribution is -2.52. The molecule has 0 radical (unpaired) electrons. The highest BCUT2D eigenvalue weighted by molar-refractivity contribution is 5.91. The number of carbonyl (C=O) groups is 1. The van der Waals surface area contributed by atoms with E-state index in [0.29, 0.717) is 19.5 Å². The fraction of sp³-hybridized carbons (Fsp3) is 0.207. The van der Waals surface area contributed by atoms with E-state index in [2.05, 4.69) is 41.0 Å². The molecule has 0 aromatic heterocycles. The van der Waals surface area contributed by atoms with Crippen molar-refractivity contribution in [1.82, 2.24) is 10.6 Å². The minimum Gasteiger partial charge on any atom is -0.390 e. The highest BCUT2D eigenvalue weighted by Crippen LogP contribution is 2.16. The number of aliphatic hydroxyl groups is 1. The topological polar surface area (TPSA) is 64.6 Å². The van der Waals surface area contributed by atoms with Gasteiger partial charge in [0.2, 0.25) is 0 Å². The minimum atomic E-state index is -0.756. The minimum absolute atomic E-state index is 0.249. The van der Waals surface area contributed by atoms with Crippen molar-refractivity contribution >= 4 is 22.5 Å². The Balaban J connectivity index is 1.40. The normalized spacial score (nSPS) is 12.8. The lowest BCUT2D eigenvalue weighted by molar-refractivity contribution is 0.127. The van der Waals surface area contributed by atoms with Crippen molar-refractivity contribution in [2.24, 2.45) is 0 Å². The van der Waals surface area contributed by atoms with Gasteiger partial charge in [0, 0.05) is 25.8 Å². The maximum absolute atomic E-state index is 13.0. The van der Waals surface area contributed by atoms with Crippen molar-refractivity contribution in [2.45, 2.75) is 25.1 Å². The van der Waals surface area contributed by atoms with E-state index in [0.717, 1.165) is 16.8 Å². The summed E-state index contributed by atoms with van der Waals surface area (Å²) in [5.41, 5.74) is 3.00. The maximum atomic E-state index is 13.0. The fourth-order valence-corrected chi connectivity index (χ4v) is 4.03. The van der Waals surface area contributed by atoms with Gasteiger partial charge in [0.1, 0.15) is 0 Å². The van der Waals surface area contributed by atoms with Crippen LogP contribution in [0.4, 0.5) is 10.5 Å². The molecule has 4 aromatic carbocycles. The summed E-state index contributed by atoms with van der Waals surface area (Å²) in [5, 5.41) is 19.8. The first kappa shape index (κ1) is 23.5. The van der Waals surface area contributed by atoms with Crippen LogP contribution >= 0.6 is 0 Å². The van der Waals surface area contributed by atoms with Gasteiger partial charge in [-0.2, -0.15) is 0 Å². The standard InChI is InChI=1S/C29H31N3O2/c1-32(26-14-6-3-7-15-26)29(34)31-27(19-22-10-4-2-5-11-22)28(33)21-30-20-23-16-17-24-12-8-9-13-25(24)18-23/h2-18,27-28,30,33H,19-21H2,1H3,(H,31,34). The van der Waals surface area contributed by atoms with E-state index in [-0.39, 0.29) is 6.03 Å². The summed E-state index contributed by atoms with van der Waals surface area (Å²) in [6.45, 7) is 0.997. The van der Waals surface area contributed by atoms with Crippen LogP contribution in [0.1, 0.15) is 11.1 Å². The lowest BCUT2D eigenvalue weighted by Gasteiger charge is -2.27. The summed E-state index contributed by atoms with van der Waals surface area (Å²) in [6, 6.07) is 33.3. The number of benzene rings is 4. The van der Waals surface area contributed by atoms with Gasteiger partial charge in [0.25, 0.3) is 0 Å². The largest absolute Gasteiger partial charge is 0.390 e. The lowest BCUT2D eigenvalue weighted by atomic mass is 10.0. The maximum Gasteiger partial charge on any atom is 0.321 e. The van der Waals surface area contributed by atoms with Gasteiger partial charge in [-0.1, -0.05) is 84.9 Å². The summed E-state index contributed by atoms with van der Waals surface area (Å²) in [5.74, 6) is 0. The predicted octanol–water partition coefficient (Wildman–Crippen LogP) is 4.75. The molecule has 4 rings (SSSR count). The zero-order valence-corrected chi connectivity index (χ0v) is 19.4. The van der Waals surface area contributed by atoms with Gasteiger partial charge in [-0.05, 0) is 46.5 Å². The van der Waals surface area contributed by atoms with Crippen molar-refractivity contribution in [1.29, 1.82) is 0 Å². The molecule has 0 bridgehead atoms. The van der Waals surface area contributed by atoms with E-state index >= 15 is 0 Å². The number of carbonyl (C=O) groups excluding carboxylic acids is 1. The van der Waals surface area contributed by atoms with E-state index in [1.54, 1.807) is 11.9 Å². The molecular weight excluding hydrogens is 422 g/mol. The number of hydrogen-bond acceptors (Lipinski definition) is 3. The van der Waals surface area contributed by atoms with Crippen LogP contribution in [0, 0.1) is 0 Å². The first-order valence-electron chi connectivity index (χ1n) is 11.6. The highest BCUT2D eigenvalue weighted by Gasteiger charge is 2.23. The summed E-state index contributed by atoms with van der Waals surface area (Å²) in [7, 11) is 1.73. The Morgan fingerprint density at radius 3 is 2.21 bits per heavy atom. The summed E-state index contributed by atoms with van der Waals surface area (Å²) >= 11 is 0. The van der Waals surface area contributed by atoms with Crippen molar-refractivity contribution in [3.05, 3.63) is 114 Å². The molecule has 0 aliphatic heterocycles. The van der Waals surface area contributed by atoms with Gasteiger partial charge in [0.15, 0.2) is 0 Å². The first-order valence-corrected chi connectivity index (χ1v) is 11.6. The molecule has 174 valence electrons. The van der Waals surface area contributed by atoms with Crippen LogP contribution in [0.25, 0.3) is 10.8 Å². The molecule has 0 spiro atoms. The number of hydrogen-bond donors (Lipinski definition) is 3. The number of rotatable bonds is 9. The van der Waals surface area contributed by atoms with E-state index in [1.807, 2.05) is 72.8 Å². The van der Waals surface area contributed by atoms with E-state index < -0.39 is 12.1 Å². The third kappa shape index (κ3) is 6.22. The average molecular weight is 454 g/mol. The second kappa shape index (κ2) is 11.5. The van der Waals surface area contributed by atoms with Crippen LogP contribution in [0.3, 0.4) is 0 Å². The number of para-hydroxylation sites is 1. The highest BCUT2D eigenvalue weighted by atomic mass is 16.3. The van der Waals surface area contributed by atoms with Crippen LogP contribution < -0.4 is 15.5 Å². The Morgan fingerprint density at radius 2 is 1.47 bits per heavy atom. The molecular formula is C29H31N3O2. The number of nitrogens with one attached hydrogen (secondary N) is 2. The Bertz CT molecular complexity index is 1200. The summed E-state index contributed by atoms with van der Waals surface area (Å²) in [6.07, 6.45) is -0.220. The zero-order chi connectivity index (χ0) is 23.8. The quantitative estimate of drug-likeness (QED) is 0.343. The molecule has 2 atom stereocenters. The first-order chi connectivity index (χ1) is 16.6. The average Bonchev–Trinajstić information content (AvgIpc) is 2.88. The number of aliphatic hydroxyl groups excluding tert-OH is 1. The third-order valence-electron chi connectivity index (χ3n) is 6.02. The number of nitrogens with zero attached hydrogens (tertiary/aromatic N) is 1. The number of urea groups is 1. The Morgan fingerprint density at radius 1 is 0.824 bits per heavy atom. The molecule has 0 heterocycles. The summed E-state index contributed by atoms with van der Waals surface area (Å²) < 4.78 is 0. The Hall–Kier alpha value is -3.67. The SMILES string of the molecule is CN(C(=O)NC(Cc1ccccc1)C(O)CNCc1ccc2ccccc2c1)c1ccccc1. The molecule has 3 N–H and O–H groups in total. The molecule has 4 aromatic rings. The van der Waals surface area contributed by atoms with Gasteiger partial charge in [0.05, 0.1) is 12.1 Å². The summed E-state index contributed by atoms with van der Waals surface area (Å²) in [4.78, 5) is 14.5. The molecule has 0 aliphatic rings. The molecule has 0 saturated heterocycles. The van der Waals surface area contributed by atoms with Crippen LogP contribution in [-0.2, 0) is 13.0 Å². The van der Waals surface area contributed by atoms with Crippen molar-refractivity contribution < 1.29 is 9.90 Å². The molecule has 5 nitrogen and oxygen atoms in total. The van der Waals surface area contributed by atoms with Gasteiger partial charge >= 0.3 is 6.03 Å². The van der Waals surface area contributed by atoms with E-state index in [1.165, 1.54) is 10.8 Å². The Kier molecular flexibility index (Phi) is 7.91. The molecule has 5 heteroatoms. The van der Waals surface area contributed by atoms with E-state index in [9.17, 15) is 9.90 Å². The van der Waals surface area contributed by atoms with Crippen molar-refractivity contribution in [2.75, 3.05) is 18.5 Å². The van der Waals surface area contributed by atoms with E-state index in [4.69, 9.17) is 0 Å². The number of fused-ring (bicyclic) bond motifs is 1. The van der Waals surface area contributed by atoms with Gasteiger partial charge in [-0.25, -0.2) is 4.79 Å². The zero-order valence-electron chi connectivity index (χ0n) is 19.4. The van der Waals surface area contributed by atoms with Crippen molar-refractivity contribution in [3.8, 4) is 0 Å². The monoisotopic (exact) mass is 453 g/mol. The van der Waals surface area contributed by atoms with Gasteiger partial charge in [-0.15, -0.1) is 0 Å². The smallest absolute Gasteiger partial charge is 0.321 e. The second-order valence-corrected chi connectivity index (χ2v) is 8.52. The van der Waals surface area contributed by atoms with Crippen LogP contribution in [0.2, 0.25) is 0 Å². The molecule has 0 aliphatic carbocycles.